The van der Waals surface area contributed by atoms with Crippen molar-refractivity contribution < 1.29 is 48.9 Å². The number of rotatable bonds is 17. The van der Waals surface area contributed by atoms with Gasteiger partial charge in [0.25, 0.3) is 0 Å². The molecule has 0 aliphatic carbocycles. The van der Waals surface area contributed by atoms with Crippen molar-refractivity contribution in [1.29, 1.82) is 0 Å². The summed E-state index contributed by atoms with van der Waals surface area (Å²) in [4.78, 5) is 81.1. The fraction of sp³-hybridized carbons (Fsp3) is 0.667. The van der Waals surface area contributed by atoms with Gasteiger partial charge in [-0.2, -0.15) is 0 Å². The van der Waals surface area contributed by atoms with Gasteiger partial charge in [-0.05, 0) is 19.3 Å². The molecule has 13 heteroatoms. The van der Waals surface area contributed by atoms with Crippen molar-refractivity contribution in [2.75, 3.05) is 0 Å². The number of hydrogen-bond donors (Lipinski definition) is 6. The van der Waals surface area contributed by atoms with Gasteiger partial charge >= 0.3 is 17.9 Å². The van der Waals surface area contributed by atoms with Gasteiger partial charge in [0.1, 0.15) is 23.9 Å². The molecule has 3 amide bonds. The van der Waals surface area contributed by atoms with Crippen LogP contribution in [0.4, 0.5) is 0 Å². The lowest BCUT2D eigenvalue weighted by molar-refractivity contribution is -0.144. The van der Waals surface area contributed by atoms with Crippen LogP contribution in [0.15, 0.2) is 0 Å². The highest BCUT2D eigenvalue weighted by Gasteiger charge is 2.26. The molecule has 0 saturated carbocycles. The van der Waals surface area contributed by atoms with Gasteiger partial charge in [0, 0.05) is 31.6 Å². The molecule has 0 saturated heterocycles. The second-order valence-electron chi connectivity index (χ2n) is 7.97. The van der Waals surface area contributed by atoms with Crippen LogP contribution >= 0.6 is 0 Å². The summed E-state index contributed by atoms with van der Waals surface area (Å²) in [5.74, 6) is -6.63. The minimum Gasteiger partial charge on any atom is -0.480 e. The van der Waals surface area contributed by atoms with Crippen LogP contribution in [0.5, 0.6) is 0 Å². The predicted molar refractivity (Wildman–Crippen MR) is 117 cm³/mol. The third-order valence-electron chi connectivity index (χ3n) is 4.86. The highest BCUT2D eigenvalue weighted by molar-refractivity contribution is 5.87. The fourth-order valence-electron chi connectivity index (χ4n) is 2.73. The monoisotopic (exact) mass is 487 g/mol. The van der Waals surface area contributed by atoms with Crippen molar-refractivity contribution in [2.24, 2.45) is 5.92 Å². The first-order valence-electron chi connectivity index (χ1n) is 10.9. The molecule has 0 radical (unpaired) electrons. The normalized spacial score (nSPS) is 13.3. The molecule has 192 valence electrons. The zero-order chi connectivity index (χ0) is 26.4. The van der Waals surface area contributed by atoms with Crippen LogP contribution in [0.25, 0.3) is 0 Å². The van der Waals surface area contributed by atoms with Gasteiger partial charge in [0.15, 0.2) is 0 Å². The van der Waals surface area contributed by atoms with Crippen molar-refractivity contribution in [3.63, 3.8) is 0 Å². The van der Waals surface area contributed by atoms with Gasteiger partial charge in [-0.15, -0.1) is 0 Å². The van der Waals surface area contributed by atoms with Gasteiger partial charge in [0.05, 0.1) is 0 Å². The molecule has 0 aromatic rings. The molecule has 3 atom stereocenters. The molecule has 0 unspecified atom stereocenters. The van der Waals surface area contributed by atoms with Crippen molar-refractivity contribution in [3.8, 4) is 0 Å². The average molecular weight is 488 g/mol. The van der Waals surface area contributed by atoms with E-state index in [9.17, 15) is 43.8 Å². The zero-order valence-electron chi connectivity index (χ0n) is 19.5. The van der Waals surface area contributed by atoms with Gasteiger partial charge < -0.3 is 31.3 Å². The molecule has 6 N–H and O–H groups in total. The second kappa shape index (κ2) is 15.3. The van der Waals surface area contributed by atoms with Crippen molar-refractivity contribution in [1.82, 2.24) is 16.0 Å². The van der Waals surface area contributed by atoms with Crippen LogP contribution < -0.4 is 16.0 Å². The lowest BCUT2D eigenvalue weighted by atomic mass is 10.0. The Hall–Kier alpha value is -3.51. The Labute approximate surface area is 196 Å². The van der Waals surface area contributed by atoms with E-state index in [0.717, 1.165) is 0 Å². The van der Waals surface area contributed by atoms with Crippen LogP contribution in [0.3, 0.4) is 0 Å². The van der Waals surface area contributed by atoms with Gasteiger partial charge in [0.2, 0.25) is 17.7 Å². The molecule has 34 heavy (non-hydrogen) atoms. The summed E-state index contributed by atoms with van der Waals surface area (Å²) < 4.78 is 0. The molecule has 0 fully saturated rings. The van der Waals surface area contributed by atoms with Gasteiger partial charge in [-0.1, -0.05) is 20.8 Å². The SMILES string of the molecule is CCC(=O)N[C@@H](CCC(=O)N[C@@H](CCC(=O)N[C@@H](CCC(=O)C(C)C)C(=O)O)C(=O)O)C(=O)O. The number of ketones is 1. The summed E-state index contributed by atoms with van der Waals surface area (Å²) in [6.45, 7) is 4.86. The second-order valence-corrected chi connectivity index (χ2v) is 7.97. The third-order valence-corrected chi connectivity index (χ3v) is 4.86. The highest BCUT2D eigenvalue weighted by Crippen LogP contribution is 2.07. The van der Waals surface area contributed by atoms with Crippen LogP contribution in [-0.2, 0) is 33.6 Å². The number of carbonyl (C=O) groups excluding carboxylic acids is 4. The van der Waals surface area contributed by atoms with E-state index in [2.05, 4.69) is 16.0 Å². The first-order chi connectivity index (χ1) is 15.8. The summed E-state index contributed by atoms with van der Waals surface area (Å²) in [7, 11) is 0. The van der Waals surface area contributed by atoms with Crippen molar-refractivity contribution in [3.05, 3.63) is 0 Å². The maximum absolute atomic E-state index is 12.1. The van der Waals surface area contributed by atoms with Gasteiger partial charge in [-0.25, -0.2) is 14.4 Å². The summed E-state index contributed by atoms with van der Waals surface area (Å²) in [6.07, 6.45) is -1.52. The lowest BCUT2D eigenvalue weighted by Gasteiger charge is -2.18. The first-order valence-corrected chi connectivity index (χ1v) is 10.9. The molecular formula is C21H33N3O10. The van der Waals surface area contributed by atoms with E-state index < -0.39 is 60.2 Å². The molecule has 0 aliphatic heterocycles. The van der Waals surface area contributed by atoms with E-state index in [1.807, 2.05) is 0 Å². The minimum absolute atomic E-state index is 0.0429. The summed E-state index contributed by atoms with van der Waals surface area (Å²) in [5.41, 5.74) is 0. The molecule has 0 spiro atoms. The molecule has 0 bridgehead atoms. The Morgan fingerprint density at radius 1 is 0.588 bits per heavy atom. The minimum atomic E-state index is -1.47. The maximum atomic E-state index is 12.1. The molecule has 0 heterocycles. The Kier molecular flexibility index (Phi) is 13.8. The number of Topliss-reactive ketones (excluding diaryl/α,β-unsaturated/α-hetero) is 1. The van der Waals surface area contributed by atoms with E-state index in [1.54, 1.807) is 13.8 Å². The topological polar surface area (TPSA) is 216 Å². The van der Waals surface area contributed by atoms with Crippen LogP contribution in [0.1, 0.15) is 65.7 Å². The highest BCUT2D eigenvalue weighted by atomic mass is 16.4. The summed E-state index contributed by atoms with van der Waals surface area (Å²) in [5, 5.41) is 34.3. The first kappa shape index (κ1) is 30.5. The maximum Gasteiger partial charge on any atom is 0.326 e. The van der Waals surface area contributed by atoms with E-state index in [1.165, 1.54) is 6.92 Å². The van der Waals surface area contributed by atoms with E-state index >= 15 is 0 Å². The number of amides is 3. The van der Waals surface area contributed by atoms with Crippen LogP contribution in [0.2, 0.25) is 0 Å². The number of carboxylic acid groups (broad SMARTS) is 3. The third kappa shape index (κ3) is 12.5. The van der Waals surface area contributed by atoms with E-state index in [0.29, 0.717) is 0 Å². The standard InChI is InChI=1S/C21H33N3O10/c1-4-16(26)22-13(20(31)32)6-9-18(28)24-14(21(33)34)7-10-17(27)23-12(19(29)30)5-8-15(25)11(2)3/h11-14H,4-10H2,1-3H3,(H,22,26)(H,23,27)(H,24,28)(H,29,30)(H,31,32)(H,33,34)/t12-,13-,14-/m0/s1. The Morgan fingerprint density at radius 3 is 1.21 bits per heavy atom. The Bertz CT molecular complexity index is 781. The molecule has 13 nitrogen and oxygen atoms in total. The number of aliphatic carboxylic acids is 3. The van der Waals surface area contributed by atoms with E-state index in [-0.39, 0.29) is 50.2 Å². The largest absolute Gasteiger partial charge is 0.480 e. The van der Waals surface area contributed by atoms with Crippen molar-refractivity contribution in [2.45, 2.75) is 83.8 Å². The number of carboxylic acids is 3. The Morgan fingerprint density at radius 2 is 0.912 bits per heavy atom. The average Bonchev–Trinajstić information content (AvgIpc) is 2.75. The summed E-state index contributed by atoms with van der Waals surface area (Å²) in [6, 6.07) is -4.11. The zero-order valence-corrected chi connectivity index (χ0v) is 19.5. The molecule has 0 rings (SSSR count). The molecule has 0 aromatic heterocycles. The smallest absolute Gasteiger partial charge is 0.326 e. The van der Waals surface area contributed by atoms with Gasteiger partial charge in [-0.3, -0.25) is 19.2 Å². The molecular weight excluding hydrogens is 454 g/mol. The van der Waals surface area contributed by atoms with Crippen molar-refractivity contribution >= 4 is 41.4 Å². The van der Waals surface area contributed by atoms with Crippen LogP contribution in [-0.4, -0.2) is 74.9 Å². The molecule has 0 aliphatic rings. The van der Waals surface area contributed by atoms with E-state index in [4.69, 9.17) is 5.11 Å². The Balaban J connectivity index is 4.77. The lowest BCUT2D eigenvalue weighted by Crippen LogP contribution is -2.45. The molecule has 0 aromatic carbocycles. The summed E-state index contributed by atoms with van der Waals surface area (Å²) >= 11 is 0. The quantitative estimate of drug-likeness (QED) is 0.157. The fourth-order valence-corrected chi connectivity index (χ4v) is 2.73. The predicted octanol–water partition coefficient (Wildman–Crippen LogP) is -0.330. The number of nitrogens with one attached hydrogen (secondary N) is 3. The number of carbonyl (C=O) groups is 7. The van der Waals surface area contributed by atoms with Crippen LogP contribution in [0, 0.1) is 5.92 Å². The number of hydrogen-bond acceptors (Lipinski definition) is 7.